The number of carbonyl (C=O) groups excluding carboxylic acids is 1. The molecule has 3 fully saturated rings. The first kappa shape index (κ1) is 15.2. The predicted molar refractivity (Wildman–Crippen MR) is 96.9 cm³/mol. The number of benzene rings is 1. The average Bonchev–Trinajstić information content (AvgIpc) is 3.22. The molecule has 3 heteroatoms. The summed E-state index contributed by atoms with van der Waals surface area (Å²) in [6.07, 6.45) is 12.3. The largest absolute Gasteiger partial charge is 0.445 e. The molecule has 1 aromatic rings. The van der Waals surface area contributed by atoms with Gasteiger partial charge in [-0.3, -0.25) is 0 Å². The molecular formula is C22H25NO2. The maximum absolute atomic E-state index is 13.0. The van der Waals surface area contributed by atoms with Crippen molar-refractivity contribution in [3.8, 4) is 0 Å². The second kappa shape index (κ2) is 5.00. The van der Waals surface area contributed by atoms with E-state index in [-0.39, 0.29) is 22.5 Å². The van der Waals surface area contributed by atoms with Crippen LogP contribution < -0.4 is 0 Å². The molecule has 0 aromatic heterocycles. The van der Waals surface area contributed by atoms with Crippen molar-refractivity contribution in [3.63, 3.8) is 0 Å². The van der Waals surface area contributed by atoms with Crippen molar-refractivity contribution in [1.82, 2.24) is 4.90 Å². The topological polar surface area (TPSA) is 29.5 Å². The van der Waals surface area contributed by atoms with Crippen LogP contribution in [0.4, 0.5) is 4.79 Å². The molecule has 0 bridgehead atoms. The van der Waals surface area contributed by atoms with Gasteiger partial charge in [0.15, 0.2) is 0 Å². The Labute approximate surface area is 149 Å². The third-order valence-electron chi connectivity index (χ3n) is 7.31. The fourth-order valence-corrected chi connectivity index (χ4v) is 6.18. The van der Waals surface area contributed by atoms with Crippen LogP contribution in [0.2, 0.25) is 0 Å². The highest BCUT2D eigenvalue weighted by Gasteiger charge is 2.83. The van der Waals surface area contributed by atoms with E-state index in [1.54, 1.807) is 5.57 Å². The summed E-state index contributed by atoms with van der Waals surface area (Å²) in [7, 11) is 0. The third-order valence-corrected chi connectivity index (χ3v) is 7.31. The summed E-state index contributed by atoms with van der Waals surface area (Å²) in [4.78, 5) is 15.1. The Balaban J connectivity index is 1.42. The highest BCUT2D eigenvalue weighted by molar-refractivity contribution is 5.72. The van der Waals surface area contributed by atoms with Crippen molar-refractivity contribution < 1.29 is 9.53 Å². The fourth-order valence-electron chi connectivity index (χ4n) is 6.18. The number of ether oxygens (including phenoxy) is 1. The van der Waals surface area contributed by atoms with Crippen LogP contribution in [0.3, 0.4) is 0 Å². The van der Waals surface area contributed by atoms with Crippen LogP contribution in [0.1, 0.15) is 44.6 Å². The second-order valence-corrected chi connectivity index (χ2v) is 8.48. The van der Waals surface area contributed by atoms with Crippen LogP contribution in [-0.4, -0.2) is 23.1 Å². The van der Waals surface area contributed by atoms with Crippen molar-refractivity contribution in [2.45, 2.75) is 51.2 Å². The number of piperidine rings is 1. The van der Waals surface area contributed by atoms with E-state index in [0.29, 0.717) is 6.61 Å². The molecule has 0 N–H and O–H groups in total. The summed E-state index contributed by atoms with van der Waals surface area (Å²) >= 11 is 0. The van der Waals surface area contributed by atoms with E-state index in [9.17, 15) is 4.79 Å². The van der Waals surface area contributed by atoms with Gasteiger partial charge in [-0.15, -0.1) is 0 Å². The number of amides is 1. The van der Waals surface area contributed by atoms with E-state index in [2.05, 4.69) is 30.1 Å². The molecule has 1 aromatic carbocycles. The number of likely N-dealkylation sites (tertiary alicyclic amines) is 1. The van der Waals surface area contributed by atoms with Crippen LogP contribution in [0, 0.1) is 10.8 Å². The van der Waals surface area contributed by atoms with Crippen LogP contribution in [0.25, 0.3) is 0 Å². The van der Waals surface area contributed by atoms with E-state index in [0.717, 1.165) is 37.8 Å². The van der Waals surface area contributed by atoms with Gasteiger partial charge in [0, 0.05) is 12.0 Å². The molecule has 4 aliphatic rings. The Hall–Kier alpha value is -2.03. The number of allylic oxidation sites excluding steroid dienone is 3. The molecule has 0 radical (unpaired) electrons. The zero-order valence-corrected chi connectivity index (χ0v) is 14.8. The standard InChI is InChI=1S/C22H25NO2/c1-20-11-7-13-23(19(24)25-15-17-8-3-2-4-9-17)22(20)16-21(22)12-6-5-10-18(21)14-20/h2-6,8-10H,7,11-16H2,1H3/t20-,21?,22+/m1/s1. The quantitative estimate of drug-likeness (QED) is 0.773. The molecule has 1 heterocycles. The SMILES string of the molecule is C[C@]12CCCN(C(=O)OCc3ccccc3)[C@@]13CC31CC=CC=C1C2. The molecule has 3 atom stereocenters. The molecule has 130 valence electrons. The smallest absolute Gasteiger partial charge is 0.410 e. The molecule has 5 rings (SSSR count). The Bertz CT molecular complexity index is 782. The predicted octanol–water partition coefficient (Wildman–Crippen LogP) is 4.84. The minimum absolute atomic E-state index is 0.0113. The molecule has 3 aliphatic carbocycles. The van der Waals surface area contributed by atoms with Crippen molar-refractivity contribution in [2.24, 2.45) is 10.8 Å². The first-order valence-electron chi connectivity index (χ1n) is 9.46. The van der Waals surface area contributed by atoms with Crippen LogP contribution in [0.15, 0.2) is 54.1 Å². The lowest BCUT2D eigenvalue weighted by molar-refractivity contribution is -0.00182. The summed E-state index contributed by atoms with van der Waals surface area (Å²) in [5, 5.41) is 0. The lowest BCUT2D eigenvalue weighted by Gasteiger charge is -2.47. The normalized spacial score (nSPS) is 37.6. The first-order valence-corrected chi connectivity index (χ1v) is 9.46. The van der Waals surface area contributed by atoms with Gasteiger partial charge in [-0.25, -0.2) is 4.79 Å². The monoisotopic (exact) mass is 335 g/mol. The molecule has 3 nitrogen and oxygen atoms in total. The molecular weight excluding hydrogens is 310 g/mol. The summed E-state index contributed by atoms with van der Waals surface area (Å²) < 4.78 is 5.74. The Morgan fingerprint density at radius 3 is 2.96 bits per heavy atom. The summed E-state index contributed by atoms with van der Waals surface area (Å²) in [5.74, 6) is 0. The van der Waals surface area contributed by atoms with Crippen molar-refractivity contribution >= 4 is 6.09 Å². The minimum Gasteiger partial charge on any atom is -0.445 e. The van der Waals surface area contributed by atoms with Gasteiger partial charge < -0.3 is 9.64 Å². The van der Waals surface area contributed by atoms with Gasteiger partial charge in [0.2, 0.25) is 0 Å². The maximum atomic E-state index is 13.0. The van der Waals surface area contributed by atoms with Gasteiger partial charge in [0.05, 0.1) is 5.54 Å². The van der Waals surface area contributed by atoms with E-state index in [1.807, 2.05) is 30.3 Å². The number of nitrogens with zero attached hydrogens (tertiary/aromatic N) is 1. The van der Waals surface area contributed by atoms with Gasteiger partial charge in [0.25, 0.3) is 0 Å². The van der Waals surface area contributed by atoms with Gasteiger partial charge >= 0.3 is 6.09 Å². The van der Waals surface area contributed by atoms with Gasteiger partial charge in [-0.05, 0) is 43.1 Å². The van der Waals surface area contributed by atoms with Crippen molar-refractivity contribution in [3.05, 3.63) is 59.7 Å². The van der Waals surface area contributed by atoms with Crippen LogP contribution >= 0.6 is 0 Å². The Kier molecular flexibility index (Phi) is 3.05. The van der Waals surface area contributed by atoms with E-state index >= 15 is 0 Å². The van der Waals surface area contributed by atoms with Crippen LogP contribution in [0.5, 0.6) is 0 Å². The highest BCUT2D eigenvalue weighted by Crippen LogP contribution is 2.82. The van der Waals surface area contributed by atoms with Gasteiger partial charge in [0.1, 0.15) is 6.61 Å². The molecule has 1 aliphatic heterocycles. The average molecular weight is 335 g/mol. The van der Waals surface area contributed by atoms with Gasteiger partial charge in [-0.2, -0.15) is 0 Å². The van der Waals surface area contributed by atoms with E-state index in [4.69, 9.17) is 4.74 Å². The van der Waals surface area contributed by atoms with Crippen LogP contribution in [-0.2, 0) is 11.3 Å². The van der Waals surface area contributed by atoms with E-state index in [1.165, 1.54) is 6.42 Å². The van der Waals surface area contributed by atoms with Crippen molar-refractivity contribution in [1.29, 1.82) is 0 Å². The fraction of sp³-hybridized carbons (Fsp3) is 0.500. The van der Waals surface area contributed by atoms with Crippen molar-refractivity contribution in [2.75, 3.05) is 6.54 Å². The lowest BCUT2D eigenvalue weighted by atomic mass is 9.72. The lowest BCUT2D eigenvalue weighted by Crippen LogP contribution is -2.56. The zero-order chi connectivity index (χ0) is 17.1. The number of rotatable bonds is 2. The molecule has 1 amide bonds. The number of carbonyl (C=O) groups is 1. The highest BCUT2D eigenvalue weighted by atomic mass is 16.6. The zero-order valence-electron chi connectivity index (χ0n) is 14.8. The second-order valence-electron chi connectivity index (χ2n) is 8.48. The molecule has 2 spiro atoms. The number of hydrogen-bond acceptors (Lipinski definition) is 2. The number of hydrogen-bond donors (Lipinski definition) is 0. The first-order chi connectivity index (χ1) is 12.1. The third kappa shape index (κ3) is 1.84. The molecule has 1 unspecified atom stereocenters. The molecule has 1 saturated heterocycles. The van der Waals surface area contributed by atoms with E-state index < -0.39 is 0 Å². The van der Waals surface area contributed by atoms with Gasteiger partial charge in [-0.1, -0.05) is 61.1 Å². The maximum Gasteiger partial charge on any atom is 0.410 e. The Morgan fingerprint density at radius 1 is 1.28 bits per heavy atom. The molecule has 25 heavy (non-hydrogen) atoms. The summed E-state index contributed by atoms with van der Waals surface area (Å²) in [6, 6.07) is 9.97. The Morgan fingerprint density at radius 2 is 2.12 bits per heavy atom. The summed E-state index contributed by atoms with van der Waals surface area (Å²) in [6.45, 7) is 3.60. The summed E-state index contributed by atoms with van der Waals surface area (Å²) in [5.41, 5.74) is 3.01. The molecule has 2 saturated carbocycles. The minimum atomic E-state index is -0.123.